The molecule has 0 aromatic heterocycles. The molecule has 2 aromatic rings. The van der Waals surface area contributed by atoms with Crippen molar-refractivity contribution in [3.8, 4) is 0 Å². The summed E-state index contributed by atoms with van der Waals surface area (Å²) in [5.41, 5.74) is 2.74. The Morgan fingerprint density at radius 3 is 2.09 bits per heavy atom. The molecule has 0 saturated carbocycles. The van der Waals surface area contributed by atoms with Crippen LogP contribution in [0.1, 0.15) is 30.9 Å². The van der Waals surface area contributed by atoms with Crippen molar-refractivity contribution in [1.29, 1.82) is 0 Å². The second kappa shape index (κ2) is 6.49. The third kappa shape index (κ3) is 3.94. The molecule has 3 nitrogen and oxygen atoms in total. The number of anilines is 1. The lowest BCUT2D eigenvalue weighted by molar-refractivity contribution is 0.601. The summed E-state index contributed by atoms with van der Waals surface area (Å²) < 4.78 is 27.4. The molecule has 2 aromatic carbocycles. The van der Waals surface area contributed by atoms with Gasteiger partial charge in [0.1, 0.15) is 0 Å². The van der Waals surface area contributed by atoms with E-state index >= 15 is 0 Å². The zero-order chi connectivity index (χ0) is 16.5. The van der Waals surface area contributed by atoms with Crippen LogP contribution < -0.4 is 4.72 Å². The Bertz CT molecular complexity index is 782. The third-order valence-corrected chi connectivity index (χ3v) is 5.09. The fourth-order valence-corrected chi connectivity index (χ4v) is 4.06. The van der Waals surface area contributed by atoms with E-state index in [9.17, 15) is 8.42 Å². The van der Waals surface area contributed by atoms with Crippen LogP contribution in [0.5, 0.6) is 0 Å². The summed E-state index contributed by atoms with van der Waals surface area (Å²) in [6.45, 7) is 6.16. The van der Waals surface area contributed by atoms with Gasteiger partial charge in [-0.25, -0.2) is 8.42 Å². The van der Waals surface area contributed by atoms with Gasteiger partial charge in [-0.1, -0.05) is 43.1 Å². The maximum atomic E-state index is 12.4. The lowest BCUT2D eigenvalue weighted by atomic mass is 9.98. The molecule has 22 heavy (non-hydrogen) atoms. The first-order chi connectivity index (χ1) is 10.2. The Hall–Kier alpha value is -1.23. The van der Waals surface area contributed by atoms with E-state index in [-0.39, 0.29) is 14.9 Å². The van der Waals surface area contributed by atoms with Crippen molar-refractivity contribution in [2.45, 2.75) is 31.6 Å². The topological polar surface area (TPSA) is 46.2 Å². The molecule has 0 spiro atoms. The molecule has 0 fully saturated rings. The molecule has 0 radical (unpaired) electrons. The standard InChI is InChI=1S/C16H17Cl2NO2S/c1-10(2)16-5-4-14(6-11(16)3)19-22(20,21)15-8-12(17)7-13(18)9-15/h4-10,19H,1-3H3. The Balaban J connectivity index is 2.34. The highest BCUT2D eigenvalue weighted by molar-refractivity contribution is 7.92. The fraction of sp³-hybridized carbons (Fsp3) is 0.250. The van der Waals surface area contributed by atoms with Crippen molar-refractivity contribution in [1.82, 2.24) is 0 Å². The highest BCUT2D eigenvalue weighted by Gasteiger charge is 2.16. The molecular formula is C16H17Cl2NO2S. The summed E-state index contributed by atoms with van der Waals surface area (Å²) in [4.78, 5) is 0.0376. The highest BCUT2D eigenvalue weighted by atomic mass is 35.5. The molecular weight excluding hydrogens is 341 g/mol. The van der Waals surface area contributed by atoms with Gasteiger partial charge in [-0.3, -0.25) is 4.72 Å². The van der Waals surface area contributed by atoms with E-state index < -0.39 is 10.0 Å². The molecule has 118 valence electrons. The minimum absolute atomic E-state index is 0.0376. The summed E-state index contributed by atoms with van der Waals surface area (Å²) in [6, 6.07) is 9.73. The van der Waals surface area contributed by atoms with Crippen molar-refractivity contribution in [3.05, 3.63) is 57.6 Å². The van der Waals surface area contributed by atoms with Gasteiger partial charge in [0, 0.05) is 15.7 Å². The third-order valence-electron chi connectivity index (χ3n) is 3.29. The zero-order valence-electron chi connectivity index (χ0n) is 12.5. The number of benzene rings is 2. The zero-order valence-corrected chi connectivity index (χ0v) is 14.9. The molecule has 0 aliphatic rings. The van der Waals surface area contributed by atoms with Crippen LogP contribution in [0.2, 0.25) is 10.0 Å². The lowest BCUT2D eigenvalue weighted by Crippen LogP contribution is -2.13. The summed E-state index contributed by atoms with van der Waals surface area (Å²) in [5, 5.41) is 0.554. The molecule has 0 aliphatic heterocycles. The number of rotatable bonds is 4. The maximum absolute atomic E-state index is 12.4. The molecule has 0 heterocycles. The van der Waals surface area contributed by atoms with E-state index in [2.05, 4.69) is 18.6 Å². The van der Waals surface area contributed by atoms with Crippen molar-refractivity contribution >= 4 is 38.9 Å². The molecule has 1 N–H and O–H groups in total. The molecule has 6 heteroatoms. The average molecular weight is 358 g/mol. The Kier molecular flexibility index (Phi) is 5.05. The van der Waals surface area contributed by atoms with Gasteiger partial charge in [0.05, 0.1) is 4.90 Å². The molecule has 0 atom stereocenters. The van der Waals surface area contributed by atoms with Gasteiger partial charge in [0.15, 0.2) is 0 Å². The molecule has 0 amide bonds. The smallest absolute Gasteiger partial charge is 0.261 e. The fourth-order valence-electron chi connectivity index (χ4n) is 2.28. The first-order valence-corrected chi connectivity index (χ1v) is 9.02. The Morgan fingerprint density at radius 2 is 1.59 bits per heavy atom. The van der Waals surface area contributed by atoms with Crippen molar-refractivity contribution in [3.63, 3.8) is 0 Å². The summed E-state index contributed by atoms with van der Waals surface area (Å²) in [7, 11) is -3.73. The van der Waals surface area contributed by atoms with Gasteiger partial charge < -0.3 is 0 Å². The van der Waals surface area contributed by atoms with Crippen molar-refractivity contribution in [2.24, 2.45) is 0 Å². The second-order valence-electron chi connectivity index (χ2n) is 5.44. The number of hydrogen-bond acceptors (Lipinski definition) is 2. The number of halogens is 2. The number of sulfonamides is 1. The van der Waals surface area contributed by atoms with Crippen LogP contribution in [0.4, 0.5) is 5.69 Å². The average Bonchev–Trinajstić information content (AvgIpc) is 2.36. The number of hydrogen-bond donors (Lipinski definition) is 1. The van der Waals surface area contributed by atoms with Gasteiger partial charge in [0.25, 0.3) is 10.0 Å². The van der Waals surface area contributed by atoms with Crippen LogP contribution in [0.25, 0.3) is 0 Å². The molecule has 0 saturated heterocycles. The molecule has 0 bridgehead atoms. The van der Waals surface area contributed by atoms with Crippen LogP contribution in [0.15, 0.2) is 41.3 Å². The van der Waals surface area contributed by atoms with E-state index in [0.29, 0.717) is 11.6 Å². The van der Waals surface area contributed by atoms with Gasteiger partial charge in [0.2, 0.25) is 0 Å². The number of nitrogens with one attached hydrogen (secondary N) is 1. The summed E-state index contributed by atoms with van der Waals surface area (Å²) >= 11 is 11.7. The van der Waals surface area contributed by atoms with E-state index in [1.165, 1.54) is 23.8 Å². The predicted molar refractivity (Wildman–Crippen MR) is 92.5 cm³/mol. The SMILES string of the molecule is Cc1cc(NS(=O)(=O)c2cc(Cl)cc(Cl)c2)ccc1C(C)C. The first kappa shape index (κ1) is 17.1. The van der Waals surface area contributed by atoms with E-state index in [0.717, 1.165) is 5.56 Å². The molecule has 2 rings (SSSR count). The number of aryl methyl sites for hydroxylation is 1. The Labute approximate surface area is 141 Å². The van der Waals surface area contributed by atoms with Crippen LogP contribution in [-0.2, 0) is 10.0 Å². The molecule has 0 unspecified atom stereocenters. The monoisotopic (exact) mass is 357 g/mol. The van der Waals surface area contributed by atoms with Crippen LogP contribution in [0.3, 0.4) is 0 Å². The van der Waals surface area contributed by atoms with Gasteiger partial charge in [-0.05, 0) is 54.3 Å². The highest BCUT2D eigenvalue weighted by Crippen LogP contribution is 2.26. The van der Waals surface area contributed by atoms with Gasteiger partial charge >= 0.3 is 0 Å². The van der Waals surface area contributed by atoms with Gasteiger partial charge in [-0.2, -0.15) is 0 Å². The van der Waals surface area contributed by atoms with Gasteiger partial charge in [-0.15, -0.1) is 0 Å². The summed E-state index contributed by atoms with van der Waals surface area (Å²) in [6.07, 6.45) is 0. The quantitative estimate of drug-likeness (QED) is 0.814. The largest absolute Gasteiger partial charge is 0.280 e. The first-order valence-electron chi connectivity index (χ1n) is 6.78. The van der Waals surface area contributed by atoms with E-state index in [1.54, 1.807) is 6.07 Å². The minimum Gasteiger partial charge on any atom is -0.280 e. The molecule has 0 aliphatic carbocycles. The van der Waals surface area contributed by atoms with Crippen LogP contribution >= 0.6 is 23.2 Å². The van der Waals surface area contributed by atoms with Crippen molar-refractivity contribution in [2.75, 3.05) is 4.72 Å². The summed E-state index contributed by atoms with van der Waals surface area (Å²) in [5.74, 6) is 0.386. The van der Waals surface area contributed by atoms with Crippen molar-refractivity contribution < 1.29 is 8.42 Å². The van der Waals surface area contributed by atoms with E-state index in [4.69, 9.17) is 23.2 Å². The maximum Gasteiger partial charge on any atom is 0.261 e. The lowest BCUT2D eigenvalue weighted by Gasteiger charge is -2.13. The predicted octanol–water partition coefficient (Wildman–Crippen LogP) is 5.23. The Morgan fingerprint density at radius 1 is 1.00 bits per heavy atom. The second-order valence-corrected chi connectivity index (χ2v) is 7.99. The van der Waals surface area contributed by atoms with E-state index in [1.807, 2.05) is 19.1 Å². The van der Waals surface area contributed by atoms with Crippen LogP contribution in [-0.4, -0.2) is 8.42 Å². The minimum atomic E-state index is -3.73. The van der Waals surface area contributed by atoms with Crippen LogP contribution in [0, 0.1) is 6.92 Å². The normalized spacial score (nSPS) is 11.7.